The van der Waals surface area contributed by atoms with Crippen LogP contribution in [0.15, 0.2) is 42.5 Å². The standard InChI is InChI=1S/C18H16F4N2O4S/c19-11-5-8-13(15(9-11)24-29(26,27)12-6-7-12)17(25)23-14-3-1-2-4-16(14)28-10-18(20,21)22/h1-5,8-9,12,24H,6-7,10H2,(H,23,25). The van der Waals surface area contributed by atoms with E-state index in [0.29, 0.717) is 12.8 Å². The molecule has 1 amide bonds. The van der Waals surface area contributed by atoms with E-state index in [9.17, 15) is 30.8 Å². The second-order valence-corrected chi connectivity index (χ2v) is 8.35. The average Bonchev–Trinajstić information content (AvgIpc) is 3.45. The minimum atomic E-state index is -4.57. The third-order valence-corrected chi connectivity index (χ3v) is 5.82. The van der Waals surface area contributed by atoms with E-state index in [2.05, 4.69) is 10.0 Å². The number of hydrogen-bond acceptors (Lipinski definition) is 4. The second kappa shape index (κ2) is 7.90. The molecule has 0 saturated heterocycles. The molecule has 0 unspecified atom stereocenters. The molecule has 6 nitrogen and oxygen atoms in total. The molecule has 0 bridgehead atoms. The van der Waals surface area contributed by atoms with E-state index in [-0.39, 0.29) is 22.7 Å². The molecule has 156 valence electrons. The van der Waals surface area contributed by atoms with Crippen molar-refractivity contribution < 1.29 is 35.5 Å². The van der Waals surface area contributed by atoms with Crippen molar-refractivity contribution in [2.24, 2.45) is 0 Å². The first-order valence-electron chi connectivity index (χ1n) is 8.46. The summed E-state index contributed by atoms with van der Waals surface area (Å²) in [6.07, 6.45) is -3.63. The van der Waals surface area contributed by atoms with E-state index in [1.54, 1.807) is 0 Å². The zero-order valence-electron chi connectivity index (χ0n) is 14.8. The predicted octanol–water partition coefficient (Wildman–Crippen LogP) is 3.92. The molecule has 3 rings (SSSR count). The third kappa shape index (κ3) is 5.59. The molecular formula is C18H16F4N2O4S. The SMILES string of the molecule is O=C(Nc1ccccc1OCC(F)(F)F)c1ccc(F)cc1NS(=O)(=O)C1CC1. The molecule has 0 heterocycles. The average molecular weight is 432 g/mol. The summed E-state index contributed by atoms with van der Waals surface area (Å²) in [5.41, 5.74) is -0.508. The highest BCUT2D eigenvalue weighted by Crippen LogP contribution is 2.32. The third-order valence-electron chi connectivity index (χ3n) is 3.97. The fourth-order valence-corrected chi connectivity index (χ4v) is 3.86. The van der Waals surface area contributed by atoms with Gasteiger partial charge in [0, 0.05) is 0 Å². The molecule has 0 spiro atoms. The zero-order chi connectivity index (χ0) is 21.2. The molecule has 1 aliphatic rings. The normalized spacial score (nSPS) is 14.3. The van der Waals surface area contributed by atoms with Crippen molar-refractivity contribution in [1.29, 1.82) is 0 Å². The van der Waals surface area contributed by atoms with Crippen LogP contribution in [0.3, 0.4) is 0 Å². The molecule has 1 saturated carbocycles. The number of benzene rings is 2. The number of amides is 1. The maximum atomic E-state index is 13.6. The monoisotopic (exact) mass is 432 g/mol. The zero-order valence-corrected chi connectivity index (χ0v) is 15.6. The van der Waals surface area contributed by atoms with E-state index in [4.69, 9.17) is 4.74 Å². The maximum Gasteiger partial charge on any atom is 0.422 e. The number of rotatable bonds is 7. The van der Waals surface area contributed by atoms with Crippen molar-refractivity contribution >= 4 is 27.3 Å². The molecule has 2 N–H and O–H groups in total. The topological polar surface area (TPSA) is 84.5 Å². The summed E-state index contributed by atoms with van der Waals surface area (Å²) < 4.78 is 82.0. The van der Waals surface area contributed by atoms with Crippen molar-refractivity contribution in [2.45, 2.75) is 24.3 Å². The van der Waals surface area contributed by atoms with Gasteiger partial charge in [-0.1, -0.05) is 12.1 Å². The van der Waals surface area contributed by atoms with Gasteiger partial charge in [0.15, 0.2) is 6.61 Å². The van der Waals surface area contributed by atoms with Gasteiger partial charge < -0.3 is 10.1 Å². The Labute approximate surface area is 163 Å². The summed E-state index contributed by atoms with van der Waals surface area (Å²) in [6.45, 7) is -1.55. The molecule has 2 aromatic carbocycles. The fraction of sp³-hybridized carbons (Fsp3) is 0.278. The highest BCUT2D eigenvalue weighted by Gasteiger charge is 2.36. The Hall–Kier alpha value is -2.82. The summed E-state index contributed by atoms with van der Waals surface area (Å²) in [4.78, 5) is 12.6. The Morgan fingerprint density at radius 1 is 1.10 bits per heavy atom. The first kappa shape index (κ1) is 20.9. The first-order chi connectivity index (χ1) is 13.5. The van der Waals surface area contributed by atoms with E-state index in [1.165, 1.54) is 24.3 Å². The molecular weight excluding hydrogens is 416 g/mol. The van der Waals surface area contributed by atoms with Gasteiger partial charge >= 0.3 is 6.18 Å². The van der Waals surface area contributed by atoms with E-state index in [1.807, 2.05) is 0 Å². The van der Waals surface area contributed by atoms with Crippen LogP contribution in [0.5, 0.6) is 5.75 Å². The molecule has 11 heteroatoms. The molecule has 0 aliphatic heterocycles. The quantitative estimate of drug-likeness (QED) is 0.650. The van der Waals surface area contributed by atoms with E-state index < -0.39 is 39.8 Å². The van der Waals surface area contributed by atoms with Crippen LogP contribution in [0, 0.1) is 5.82 Å². The van der Waals surface area contributed by atoms with Gasteiger partial charge in [-0.05, 0) is 43.2 Å². The van der Waals surface area contributed by atoms with Gasteiger partial charge in [-0.2, -0.15) is 13.2 Å². The lowest BCUT2D eigenvalue weighted by Crippen LogP contribution is -2.22. The van der Waals surface area contributed by atoms with Crippen LogP contribution in [0.2, 0.25) is 0 Å². The largest absolute Gasteiger partial charge is 0.482 e. The predicted molar refractivity (Wildman–Crippen MR) is 97.9 cm³/mol. The summed E-state index contributed by atoms with van der Waals surface area (Å²) in [5, 5.41) is 1.77. The number of nitrogens with one attached hydrogen (secondary N) is 2. The number of carbonyl (C=O) groups excluding carboxylic acids is 1. The first-order valence-corrected chi connectivity index (χ1v) is 10.0. The Balaban J connectivity index is 1.83. The summed E-state index contributed by atoms with van der Waals surface area (Å²) in [5.74, 6) is -1.83. The molecule has 2 aromatic rings. The van der Waals surface area contributed by atoms with Crippen molar-refractivity contribution in [3.8, 4) is 5.75 Å². The second-order valence-electron chi connectivity index (χ2n) is 6.39. The van der Waals surface area contributed by atoms with E-state index >= 15 is 0 Å². The van der Waals surface area contributed by atoms with Crippen LogP contribution in [0.1, 0.15) is 23.2 Å². The number of hydrogen-bond donors (Lipinski definition) is 2. The van der Waals surface area contributed by atoms with E-state index in [0.717, 1.165) is 18.2 Å². The lowest BCUT2D eigenvalue weighted by Gasteiger charge is -2.15. The van der Waals surface area contributed by atoms with Crippen molar-refractivity contribution in [2.75, 3.05) is 16.6 Å². The highest BCUT2D eigenvalue weighted by molar-refractivity contribution is 7.93. The van der Waals surface area contributed by atoms with Crippen molar-refractivity contribution in [3.05, 3.63) is 53.8 Å². The molecule has 1 aliphatic carbocycles. The van der Waals surface area contributed by atoms with Crippen LogP contribution in [0.25, 0.3) is 0 Å². The van der Waals surface area contributed by atoms with Gasteiger partial charge in [-0.25, -0.2) is 12.8 Å². The lowest BCUT2D eigenvalue weighted by atomic mass is 10.1. The Morgan fingerprint density at radius 2 is 1.79 bits per heavy atom. The number of halogens is 4. The minimum Gasteiger partial charge on any atom is -0.482 e. The Kier molecular flexibility index (Phi) is 5.69. The Morgan fingerprint density at radius 3 is 2.45 bits per heavy atom. The van der Waals surface area contributed by atoms with Gasteiger partial charge in [-0.3, -0.25) is 9.52 Å². The number of sulfonamides is 1. The van der Waals surface area contributed by atoms with Gasteiger partial charge in [0.05, 0.1) is 22.2 Å². The van der Waals surface area contributed by atoms with Crippen LogP contribution in [0.4, 0.5) is 28.9 Å². The fourth-order valence-electron chi connectivity index (χ4n) is 2.46. The molecule has 0 aromatic heterocycles. The summed E-state index contributed by atoms with van der Waals surface area (Å²) >= 11 is 0. The molecule has 29 heavy (non-hydrogen) atoms. The van der Waals surface area contributed by atoms with Crippen LogP contribution in [-0.2, 0) is 10.0 Å². The van der Waals surface area contributed by atoms with Crippen molar-refractivity contribution in [1.82, 2.24) is 0 Å². The lowest BCUT2D eigenvalue weighted by molar-refractivity contribution is -0.153. The smallest absolute Gasteiger partial charge is 0.422 e. The van der Waals surface area contributed by atoms with Crippen LogP contribution >= 0.6 is 0 Å². The van der Waals surface area contributed by atoms with Crippen LogP contribution in [-0.4, -0.2) is 32.4 Å². The van der Waals surface area contributed by atoms with Crippen molar-refractivity contribution in [3.63, 3.8) is 0 Å². The number of para-hydroxylation sites is 2. The number of ether oxygens (including phenoxy) is 1. The summed E-state index contributed by atoms with van der Waals surface area (Å²) in [7, 11) is -3.77. The van der Waals surface area contributed by atoms with Gasteiger partial charge in [-0.15, -0.1) is 0 Å². The number of alkyl halides is 3. The van der Waals surface area contributed by atoms with Gasteiger partial charge in [0.25, 0.3) is 5.91 Å². The molecule has 0 atom stereocenters. The Bertz CT molecular complexity index is 1020. The van der Waals surface area contributed by atoms with Gasteiger partial charge in [0.2, 0.25) is 10.0 Å². The van der Waals surface area contributed by atoms with Crippen LogP contribution < -0.4 is 14.8 Å². The molecule has 1 fully saturated rings. The maximum absolute atomic E-state index is 13.6. The highest BCUT2D eigenvalue weighted by atomic mass is 32.2. The molecule has 0 radical (unpaired) electrons. The summed E-state index contributed by atoms with van der Waals surface area (Å²) in [6, 6.07) is 8.36. The van der Waals surface area contributed by atoms with Gasteiger partial charge in [0.1, 0.15) is 11.6 Å². The number of anilines is 2. The minimum absolute atomic E-state index is 0.0536. The number of carbonyl (C=O) groups is 1.